The van der Waals surface area contributed by atoms with E-state index in [2.05, 4.69) is 0 Å². The van der Waals surface area contributed by atoms with Crippen molar-refractivity contribution in [1.29, 1.82) is 0 Å². The van der Waals surface area contributed by atoms with E-state index in [1.165, 1.54) is 24.3 Å². The van der Waals surface area contributed by atoms with Gasteiger partial charge in [-0.3, -0.25) is 0 Å². The molecule has 0 bridgehead atoms. The molecule has 134 valence electrons. The summed E-state index contributed by atoms with van der Waals surface area (Å²) in [6.07, 6.45) is 0.874. The Morgan fingerprint density at radius 1 is 1.27 bits per heavy atom. The molecule has 1 atom stereocenters. The Hall–Kier alpha value is -2.86. The smallest absolute Gasteiger partial charge is 0.340 e. The molecular weight excluding hydrogens is 339 g/mol. The van der Waals surface area contributed by atoms with Gasteiger partial charge < -0.3 is 19.0 Å². The summed E-state index contributed by atoms with van der Waals surface area (Å²) in [4.78, 5) is 11.9. The van der Waals surface area contributed by atoms with E-state index in [9.17, 15) is 14.3 Å². The van der Waals surface area contributed by atoms with Crippen LogP contribution in [0, 0.1) is 5.82 Å². The minimum atomic E-state index is -1.11. The van der Waals surface area contributed by atoms with Crippen molar-refractivity contribution >= 4 is 16.9 Å². The zero-order chi connectivity index (χ0) is 18.3. The standard InChI is InChI=1S/C20H17FO5/c1-24-16-9-15-17(8-14(16)12-6-7-25-10-12)26-19(18(15)20(22)23)11-2-4-13(21)5-3-11/h2-5,8-9,12H,6-7,10H2,1H3,(H,22,23). The molecule has 3 aromatic rings. The molecule has 0 aliphatic carbocycles. The van der Waals surface area contributed by atoms with Crippen molar-refractivity contribution in [3.63, 3.8) is 0 Å². The first-order chi connectivity index (χ1) is 12.6. The summed E-state index contributed by atoms with van der Waals surface area (Å²) < 4.78 is 30.0. The maximum Gasteiger partial charge on any atom is 0.340 e. The summed E-state index contributed by atoms with van der Waals surface area (Å²) in [5, 5.41) is 10.2. The minimum absolute atomic E-state index is 0.0409. The lowest BCUT2D eigenvalue weighted by molar-refractivity contribution is 0.0699. The first-order valence-electron chi connectivity index (χ1n) is 8.30. The molecule has 0 saturated carbocycles. The van der Waals surface area contributed by atoms with Gasteiger partial charge in [0, 0.05) is 29.0 Å². The second-order valence-corrected chi connectivity index (χ2v) is 6.27. The molecule has 2 heterocycles. The van der Waals surface area contributed by atoms with Crippen LogP contribution in [-0.2, 0) is 4.74 Å². The summed E-state index contributed by atoms with van der Waals surface area (Å²) in [6.45, 7) is 1.28. The molecule has 6 heteroatoms. The lowest BCUT2D eigenvalue weighted by atomic mass is 9.95. The van der Waals surface area contributed by atoms with Gasteiger partial charge in [-0.2, -0.15) is 0 Å². The first kappa shape index (κ1) is 16.6. The van der Waals surface area contributed by atoms with E-state index in [1.54, 1.807) is 13.2 Å². The largest absolute Gasteiger partial charge is 0.496 e. The van der Waals surface area contributed by atoms with E-state index in [0.717, 1.165) is 12.0 Å². The van der Waals surface area contributed by atoms with Gasteiger partial charge in [0.2, 0.25) is 0 Å². The number of methoxy groups -OCH3 is 1. The van der Waals surface area contributed by atoms with Gasteiger partial charge in [-0.25, -0.2) is 9.18 Å². The van der Waals surface area contributed by atoms with Crippen LogP contribution in [0.2, 0.25) is 0 Å². The van der Waals surface area contributed by atoms with Gasteiger partial charge in [0.15, 0.2) is 0 Å². The molecule has 1 fully saturated rings. The number of carboxylic acids is 1. The Kier molecular flexibility index (Phi) is 4.12. The SMILES string of the molecule is COc1cc2c(C(=O)O)c(-c3ccc(F)cc3)oc2cc1C1CCOC1. The zero-order valence-corrected chi connectivity index (χ0v) is 14.1. The van der Waals surface area contributed by atoms with E-state index in [0.29, 0.717) is 35.5 Å². The predicted octanol–water partition coefficient (Wildman–Crippen LogP) is 4.45. The highest BCUT2D eigenvalue weighted by Crippen LogP contribution is 2.40. The molecule has 1 unspecified atom stereocenters. The van der Waals surface area contributed by atoms with Crippen LogP contribution >= 0.6 is 0 Å². The van der Waals surface area contributed by atoms with Crippen LogP contribution in [0.3, 0.4) is 0 Å². The summed E-state index contributed by atoms with van der Waals surface area (Å²) in [5.74, 6) is -0.507. The molecule has 1 aromatic heterocycles. The fourth-order valence-electron chi connectivity index (χ4n) is 3.43. The van der Waals surface area contributed by atoms with Crippen molar-refractivity contribution in [2.45, 2.75) is 12.3 Å². The topological polar surface area (TPSA) is 68.9 Å². The van der Waals surface area contributed by atoms with Crippen molar-refractivity contribution in [3.8, 4) is 17.1 Å². The molecule has 1 aliphatic rings. The van der Waals surface area contributed by atoms with E-state index in [1.807, 2.05) is 6.07 Å². The number of rotatable bonds is 4. The molecular formula is C20H17FO5. The Morgan fingerprint density at radius 3 is 2.65 bits per heavy atom. The van der Waals surface area contributed by atoms with Crippen molar-refractivity contribution in [1.82, 2.24) is 0 Å². The highest BCUT2D eigenvalue weighted by molar-refractivity contribution is 6.08. The molecule has 1 aliphatic heterocycles. The molecule has 5 nitrogen and oxygen atoms in total. The number of fused-ring (bicyclic) bond motifs is 1. The van der Waals surface area contributed by atoms with Crippen molar-refractivity contribution in [2.24, 2.45) is 0 Å². The highest BCUT2D eigenvalue weighted by atomic mass is 19.1. The third-order valence-electron chi connectivity index (χ3n) is 4.73. The lowest BCUT2D eigenvalue weighted by Gasteiger charge is -2.13. The highest BCUT2D eigenvalue weighted by Gasteiger charge is 2.27. The van der Waals surface area contributed by atoms with Crippen molar-refractivity contribution in [2.75, 3.05) is 20.3 Å². The van der Waals surface area contributed by atoms with Gasteiger partial charge in [-0.15, -0.1) is 0 Å². The van der Waals surface area contributed by atoms with Crippen LogP contribution in [0.15, 0.2) is 40.8 Å². The molecule has 4 rings (SSSR count). The van der Waals surface area contributed by atoms with E-state index >= 15 is 0 Å². The first-order valence-corrected chi connectivity index (χ1v) is 8.30. The van der Waals surface area contributed by atoms with Gasteiger partial charge >= 0.3 is 5.97 Å². The van der Waals surface area contributed by atoms with E-state index in [-0.39, 0.29) is 17.2 Å². The zero-order valence-electron chi connectivity index (χ0n) is 14.1. The Morgan fingerprint density at radius 2 is 2.04 bits per heavy atom. The van der Waals surface area contributed by atoms with Crippen LogP contribution in [0.4, 0.5) is 4.39 Å². The summed E-state index contributed by atoms with van der Waals surface area (Å²) in [6, 6.07) is 9.08. The fraction of sp³-hybridized carbons (Fsp3) is 0.250. The van der Waals surface area contributed by atoms with E-state index in [4.69, 9.17) is 13.9 Å². The maximum absolute atomic E-state index is 13.2. The summed E-state index contributed by atoms with van der Waals surface area (Å²) in [5.41, 5.74) is 1.95. The predicted molar refractivity (Wildman–Crippen MR) is 93.3 cm³/mol. The summed E-state index contributed by atoms with van der Waals surface area (Å²) in [7, 11) is 1.56. The molecule has 0 amide bonds. The maximum atomic E-state index is 13.2. The monoisotopic (exact) mass is 356 g/mol. The van der Waals surface area contributed by atoms with Crippen LogP contribution < -0.4 is 4.74 Å². The second kappa shape index (κ2) is 6.46. The van der Waals surface area contributed by atoms with Crippen LogP contribution in [0.1, 0.15) is 28.3 Å². The minimum Gasteiger partial charge on any atom is -0.496 e. The second-order valence-electron chi connectivity index (χ2n) is 6.27. The Labute approximate surface area is 148 Å². The van der Waals surface area contributed by atoms with Crippen LogP contribution in [0.25, 0.3) is 22.3 Å². The third-order valence-corrected chi connectivity index (χ3v) is 4.73. The van der Waals surface area contributed by atoms with Crippen molar-refractivity contribution in [3.05, 3.63) is 53.3 Å². The van der Waals surface area contributed by atoms with Gasteiger partial charge in [-0.1, -0.05) is 0 Å². The Balaban J connectivity index is 1.94. The average molecular weight is 356 g/mol. The van der Waals surface area contributed by atoms with Gasteiger partial charge in [0.25, 0.3) is 0 Å². The van der Waals surface area contributed by atoms with Gasteiger partial charge in [-0.05, 0) is 42.8 Å². The van der Waals surface area contributed by atoms with Crippen LogP contribution in [-0.4, -0.2) is 31.4 Å². The molecule has 26 heavy (non-hydrogen) atoms. The quantitative estimate of drug-likeness (QED) is 0.748. The number of benzene rings is 2. The van der Waals surface area contributed by atoms with Gasteiger partial charge in [0.1, 0.15) is 28.5 Å². The number of aromatic carboxylic acids is 1. The average Bonchev–Trinajstić information content (AvgIpc) is 3.28. The van der Waals surface area contributed by atoms with E-state index < -0.39 is 11.8 Å². The molecule has 1 N–H and O–H groups in total. The number of furan rings is 1. The normalized spacial score (nSPS) is 16.9. The molecule has 0 spiro atoms. The Bertz CT molecular complexity index is 968. The number of ether oxygens (including phenoxy) is 2. The summed E-state index contributed by atoms with van der Waals surface area (Å²) >= 11 is 0. The fourth-order valence-corrected chi connectivity index (χ4v) is 3.43. The van der Waals surface area contributed by atoms with Gasteiger partial charge in [0.05, 0.1) is 13.7 Å². The number of hydrogen-bond donors (Lipinski definition) is 1. The number of hydrogen-bond acceptors (Lipinski definition) is 4. The molecule has 2 aromatic carbocycles. The molecule has 1 saturated heterocycles. The van der Waals surface area contributed by atoms with Crippen molar-refractivity contribution < 1.29 is 28.2 Å². The lowest BCUT2D eigenvalue weighted by Crippen LogP contribution is -2.02. The molecule has 0 radical (unpaired) electrons. The number of carboxylic acid groups (broad SMARTS) is 1. The number of carbonyl (C=O) groups is 1. The number of halogens is 1. The van der Waals surface area contributed by atoms with Crippen LogP contribution in [0.5, 0.6) is 5.75 Å². The third kappa shape index (κ3) is 2.72.